The van der Waals surface area contributed by atoms with Gasteiger partial charge in [-0.25, -0.2) is 0 Å². The summed E-state index contributed by atoms with van der Waals surface area (Å²) >= 11 is 5.78. The van der Waals surface area contributed by atoms with Gasteiger partial charge in [-0.2, -0.15) is 0 Å². The Kier molecular flexibility index (Phi) is 6.52. The van der Waals surface area contributed by atoms with Crippen molar-refractivity contribution in [3.8, 4) is 0 Å². The monoisotopic (exact) mass is 373 g/mol. The van der Waals surface area contributed by atoms with Gasteiger partial charge in [0.15, 0.2) is 6.10 Å². The molecule has 0 unspecified atom stereocenters. The highest BCUT2D eigenvalue weighted by molar-refractivity contribution is 6.30. The van der Waals surface area contributed by atoms with Crippen molar-refractivity contribution in [1.82, 2.24) is 5.32 Å². The molecule has 0 heterocycles. The van der Waals surface area contributed by atoms with Crippen LogP contribution in [-0.2, 0) is 9.53 Å². The van der Waals surface area contributed by atoms with E-state index in [0.717, 1.165) is 11.1 Å². The summed E-state index contributed by atoms with van der Waals surface area (Å²) in [4.78, 5) is 36.2. The molecule has 6 heteroatoms. The maximum absolute atomic E-state index is 12.2. The highest BCUT2D eigenvalue weighted by Crippen LogP contribution is 2.12. The Morgan fingerprint density at radius 2 is 1.62 bits per heavy atom. The van der Waals surface area contributed by atoms with Crippen LogP contribution < -0.4 is 5.32 Å². The van der Waals surface area contributed by atoms with Gasteiger partial charge in [-0.05, 0) is 68.3 Å². The van der Waals surface area contributed by atoms with Gasteiger partial charge in [0, 0.05) is 16.1 Å². The van der Waals surface area contributed by atoms with Crippen LogP contribution in [-0.4, -0.2) is 30.3 Å². The Hall–Kier alpha value is -2.66. The van der Waals surface area contributed by atoms with E-state index in [-0.39, 0.29) is 18.2 Å². The molecule has 0 aromatic heterocycles. The zero-order chi connectivity index (χ0) is 19.3. The van der Waals surface area contributed by atoms with Crippen LogP contribution in [0.1, 0.15) is 38.8 Å². The van der Waals surface area contributed by atoms with E-state index in [0.29, 0.717) is 16.1 Å². The SMILES string of the molecule is Cc1ccc(C(=O)NCC(=O)O[C@H](C)C(=O)c2ccc(Cl)cc2)cc1C. The molecule has 2 aromatic rings. The standard InChI is InChI=1S/C20H20ClNO4/c1-12-4-5-16(10-13(12)2)20(25)22-11-18(23)26-14(3)19(24)15-6-8-17(21)9-7-15/h4-10,14H,11H2,1-3H3,(H,22,25)/t14-/m1/s1. The first-order valence-electron chi connectivity index (χ1n) is 8.12. The van der Waals surface area contributed by atoms with Crippen LogP contribution in [0.5, 0.6) is 0 Å². The van der Waals surface area contributed by atoms with E-state index in [2.05, 4.69) is 5.32 Å². The fourth-order valence-corrected chi connectivity index (χ4v) is 2.40. The van der Waals surface area contributed by atoms with Crippen LogP contribution in [0.4, 0.5) is 0 Å². The number of hydrogen-bond acceptors (Lipinski definition) is 4. The maximum Gasteiger partial charge on any atom is 0.326 e. The molecule has 2 rings (SSSR count). The molecule has 0 aliphatic rings. The first-order valence-corrected chi connectivity index (χ1v) is 8.50. The van der Waals surface area contributed by atoms with E-state index in [1.54, 1.807) is 36.4 Å². The van der Waals surface area contributed by atoms with Crippen molar-refractivity contribution in [2.24, 2.45) is 0 Å². The second-order valence-electron chi connectivity index (χ2n) is 5.98. The van der Waals surface area contributed by atoms with Crippen LogP contribution in [0.3, 0.4) is 0 Å². The highest BCUT2D eigenvalue weighted by atomic mass is 35.5. The quantitative estimate of drug-likeness (QED) is 0.621. The van der Waals surface area contributed by atoms with Gasteiger partial charge in [0.2, 0.25) is 5.78 Å². The number of Topliss-reactive ketones (excluding diaryl/α,β-unsaturated/α-hetero) is 1. The maximum atomic E-state index is 12.2. The van der Waals surface area contributed by atoms with Crippen LogP contribution >= 0.6 is 11.6 Å². The number of ether oxygens (including phenoxy) is 1. The van der Waals surface area contributed by atoms with Crippen LogP contribution in [0.15, 0.2) is 42.5 Å². The fraction of sp³-hybridized carbons (Fsp3) is 0.250. The molecule has 26 heavy (non-hydrogen) atoms. The molecular formula is C20H20ClNO4. The third-order valence-corrected chi connectivity index (χ3v) is 4.22. The van der Waals surface area contributed by atoms with E-state index in [1.165, 1.54) is 6.92 Å². The van der Waals surface area contributed by atoms with Crippen LogP contribution in [0.25, 0.3) is 0 Å². The van der Waals surface area contributed by atoms with Gasteiger partial charge in [-0.1, -0.05) is 17.7 Å². The van der Waals surface area contributed by atoms with Crippen LogP contribution in [0, 0.1) is 13.8 Å². The lowest BCUT2D eigenvalue weighted by Gasteiger charge is -2.13. The fourth-order valence-electron chi connectivity index (χ4n) is 2.28. The van der Waals surface area contributed by atoms with Crippen molar-refractivity contribution in [3.63, 3.8) is 0 Å². The Morgan fingerprint density at radius 3 is 2.23 bits per heavy atom. The molecule has 0 saturated heterocycles. The molecule has 0 fully saturated rings. The van der Waals surface area contributed by atoms with Gasteiger partial charge in [0.25, 0.3) is 5.91 Å². The predicted octanol–water partition coefficient (Wildman–Crippen LogP) is 3.50. The molecule has 2 aromatic carbocycles. The van der Waals surface area contributed by atoms with Crippen molar-refractivity contribution in [1.29, 1.82) is 0 Å². The minimum absolute atomic E-state index is 0.315. The predicted molar refractivity (Wildman–Crippen MR) is 99.6 cm³/mol. The summed E-state index contributed by atoms with van der Waals surface area (Å²) in [6, 6.07) is 11.6. The first-order chi connectivity index (χ1) is 12.3. The zero-order valence-electron chi connectivity index (χ0n) is 14.8. The van der Waals surface area contributed by atoms with E-state index >= 15 is 0 Å². The van der Waals surface area contributed by atoms with Gasteiger partial charge in [-0.15, -0.1) is 0 Å². The zero-order valence-corrected chi connectivity index (χ0v) is 15.6. The number of nitrogens with one attached hydrogen (secondary N) is 1. The lowest BCUT2D eigenvalue weighted by molar-refractivity contribution is -0.145. The summed E-state index contributed by atoms with van der Waals surface area (Å²) in [5.41, 5.74) is 2.93. The number of carbonyl (C=O) groups excluding carboxylic acids is 3. The summed E-state index contributed by atoms with van der Waals surface area (Å²) in [5, 5.41) is 3.01. The summed E-state index contributed by atoms with van der Waals surface area (Å²) < 4.78 is 5.09. The largest absolute Gasteiger partial charge is 0.453 e. The molecule has 1 atom stereocenters. The van der Waals surface area contributed by atoms with Gasteiger partial charge < -0.3 is 10.1 Å². The molecular weight excluding hydrogens is 354 g/mol. The van der Waals surface area contributed by atoms with Crippen molar-refractivity contribution < 1.29 is 19.1 Å². The molecule has 0 spiro atoms. The Balaban J connectivity index is 1.87. The molecule has 0 aliphatic heterocycles. The van der Waals surface area contributed by atoms with E-state index in [1.807, 2.05) is 19.9 Å². The molecule has 0 aliphatic carbocycles. The number of halogens is 1. The first kappa shape index (κ1) is 19.7. The smallest absolute Gasteiger partial charge is 0.326 e. The third kappa shape index (κ3) is 5.17. The van der Waals surface area contributed by atoms with Crippen molar-refractivity contribution in [2.75, 3.05) is 6.54 Å². The topological polar surface area (TPSA) is 72.5 Å². The van der Waals surface area contributed by atoms with Gasteiger partial charge in [-0.3, -0.25) is 14.4 Å². The molecule has 1 amide bonds. The second kappa shape index (κ2) is 8.63. The number of aryl methyl sites for hydroxylation is 2. The number of carbonyl (C=O) groups is 3. The molecule has 0 saturated carbocycles. The normalized spacial score (nSPS) is 11.5. The van der Waals surface area contributed by atoms with E-state index in [9.17, 15) is 14.4 Å². The molecule has 1 N–H and O–H groups in total. The van der Waals surface area contributed by atoms with E-state index < -0.39 is 12.1 Å². The molecule has 136 valence electrons. The Labute approximate surface area is 157 Å². The number of benzene rings is 2. The molecule has 0 bridgehead atoms. The lowest BCUT2D eigenvalue weighted by atomic mass is 10.1. The van der Waals surface area contributed by atoms with Crippen LogP contribution in [0.2, 0.25) is 5.02 Å². The van der Waals surface area contributed by atoms with Crippen molar-refractivity contribution in [2.45, 2.75) is 26.9 Å². The Morgan fingerprint density at radius 1 is 1.00 bits per heavy atom. The summed E-state index contributed by atoms with van der Waals surface area (Å²) in [6.07, 6.45) is -0.956. The summed E-state index contributed by atoms with van der Waals surface area (Å²) in [6.45, 7) is 5.03. The summed E-state index contributed by atoms with van der Waals surface area (Å²) in [5.74, 6) is -1.39. The third-order valence-electron chi connectivity index (χ3n) is 3.97. The second-order valence-corrected chi connectivity index (χ2v) is 6.42. The van der Waals surface area contributed by atoms with Crippen molar-refractivity contribution >= 4 is 29.3 Å². The van der Waals surface area contributed by atoms with E-state index in [4.69, 9.17) is 16.3 Å². The number of esters is 1. The minimum Gasteiger partial charge on any atom is -0.453 e. The number of ketones is 1. The average Bonchev–Trinajstić information content (AvgIpc) is 2.62. The average molecular weight is 374 g/mol. The highest BCUT2D eigenvalue weighted by Gasteiger charge is 2.20. The Bertz CT molecular complexity index is 830. The van der Waals surface area contributed by atoms with Gasteiger partial charge in [0.05, 0.1) is 0 Å². The van der Waals surface area contributed by atoms with Crippen molar-refractivity contribution in [3.05, 3.63) is 69.7 Å². The number of amides is 1. The minimum atomic E-state index is -0.956. The van der Waals surface area contributed by atoms with Gasteiger partial charge in [0.1, 0.15) is 6.54 Å². The number of rotatable bonds is 6. The lowest BCUT2D eigenvalue weighted by Crippen LogP contribution is -2.34. The van der Waals surface area contributed by atoms with Gasteiger partial charge >= 0.3 is 5.97 Å². The number of hydrogen-bond donors (Lipinski definition) is 1. The summed E-state index contributed by atoms with van der Waals surface area (Å²) in [7, 11) is 0. The molecule has 5 nitrogen and oxygen atoms in total. The molecule has 0 radical (unpaired) electrons.